The van der Waals surface area contributed by atoms with Crippen molar-refractivity contribution in [2.24, 2.45) is 23.7 Å². The first-order valence-corrected chi connectivity index (χ1v) is 38.6. The van der Waals surface area contributed by atoms with Crippen LogP contribution in [0.5, 0.6) is 0 Å². The lowest BCUT2D eigenvalue weighted by Gasteiger charge is -2.21. The van der Waals surface area contributed by atoms with Crippen LogP contribution in [0.3, 0.4) is 0 Å². The van der Waals surface area contributed by atoms with Crippen LogP contribution in [0.2, 0.25) is 0 Å². The van der Waals surface area contributed by atoms with Crippen molar-refractivity contribution in [2.75, 3.05) is 119 Å². The first-order valence-electron chi connectivity index (χ1n) is 38.6. The Morgan fingerprint density at radius 1 is 0.324 bits per heavy atom. The van der Waals surface area contributed by atoms with Crippen LogP contribution in [0.15, 0.2) is 25.3 Å². The van der Waals surface area contributed by atoms with Gasteiger partial charge >= 0.3 is 60.2 Å². The molecule has 1 fully saturated rings. The molecule has 102 heavy (non-hydrogen) atoms. The van der Waals surface area contributed by atoms with Crippen molar-refractivity contribution in [3.05, 3.63) is 25.3 Å². The van der Waals surface area contributed by atoms with Gasteiger partial charge in [-0.3, -0.25) is 19.2 Å². The Hall–Kier alpha value is -6.70. The summed E-state index contributed by atoms with van der Waals surface area (Å²) in [4.78, 5) is 121. The average Bonchev–Trinajstić information content (AvgIpc) is 1.28. The molecule has 1 aliphatic carbocycles. The quantitative estimate of drug-likeness (QED) is 0.0190. The van der Waals surface area contributed by atoms with Crippen LogP contribution in [-0.2, 0) is 85.6 Å². The molecule has 26 nitrogen and oxygen atoms in total. The van der Waals surface area contributed by atoms with Crippen molar-refractivity contribution >= 4 is 60.2 Å². The Balaban J connectivity index is 2.16. The number of hydrogen-bond acceptors (Lipinski definition) is 22. The molecule has 1 rings (SSSR count). The summed E-state index contributed by atoms with van der Waals surface area (Å²) in [5.41, 5.74) is 0. The summed E-state index contributed by atoms with van der Waals surface area (Å²) in [7, 11) is 0. The van der Waals surface area contributed by atoms with Crippen molar-refractivity contribution in [3.8, 4) is 0 Å². The van der Waals surface area contributed by atoms with Crippen molar-refractivity contribution in [3.63, 3.8) is 0 Å². The van der Waals surface area contributed by atoms with Gasteiger partial charge in [-0.15, -0.1) is 0 Å². The fourth-order valence-electron chi connectivity index (χ4n) is 10.8. The molecule has 1 aliphatic rings. The van der Waals surface area contributed by atoms with E-state index < -0.39 is 36.3 Å². The van der Waals surface area contributed by atoms with Gasteiger partial charge in [-0.2, -0.15) is 0 Å². The van der Waals surface area contributed by atoms with E-state index in [9.17, 15) is 47.9 Å². The van der Waals surface area contributed by atoms with Gasteiger partial charge in [0.1, 0.15) is 39.6 Å². The van der Waals surface area contributed by atoms with Crippen LogP contribution < -0.4 is 21.3 Å². The normalized spacial score (nSPS) is 12.6. The Labute approximate surface area is 609 Å². The van der Waals surface area contributed by atoms with Crippen molar-refractivity contribution in [1.29, 1.82) is 0 Å². The largest absolute Gasteiger partial charge is 0.466 e. The summed E-state index contributed by atoms with van der Waals surface area (Å²) in [5.74, 6) is -1.51. The highest BCUT2D eigenvalue weighted by molar-refractivity contribution is 5.81. The topological polar surface area (TPSA) is 330 Å². The van der Waals surface area contributed by atoms with E-state index in [0.717, 1.165) is 153 Å². The molecule has 26 heteroatoms. The second kappa shape index (κ2) is 68.7. The summed E-state index contributed by atoms with van der Waals surface area (Å²) in [5, 5.41) is 11.0. The minimum Gasteiger partial charge on any atom is -0.466 e. The number of esters is 6. The van der Waals surface area contributed by atoms with Crippen molar-refractivity contribution in [2.45, 2.75) is 258 Å². The molecule has 4 N–H and O–H groups in total. The van der Waals surface area contributed by atoms with Gasteiger partial charge in [0, 0.05) is 77.2 Å². The molecule has 0 aromatic carbocycles. The Bertz CT molecular complexity index is 2220. The van der Waals surface area contributed by atoms with Gasteiger partial charge in [0.15, 0.2) is 0 Å². The number of hydrogen-bond donors (Lipinski definition) is 4. The fraction of sp³-hybridized carbons (Fsp3) is 0.816. The molecular formula is C76H132N4O22. The molecule has 2 atom stereocenters. The Morgan fingerprint density at radius 3 is 1.06 bits per heavy atom. The molecule has 0 aromatic heterocycles. The highest BCUT2D eigenvalue weighted by atomic mass is 16.6. The van der Waals surface area contributed by atoms with E-state index in [1.807, 2.05) is 0 Å². The third-order valence-corrected chi connectivity index (χ3v) is 16.8. The summed E-state index contributed by atoms with van der Waals surface area (Å²) >= 11 is 0. The predicted octanol–water partition coefficient (Wildman–Crippen LogP) is 13.9. The Morgan fingerprint density at radius 2 is 0.637 bits per heavy atom. The maximum absolute atomic E-state index is 12.7. The summed E-state index contributed by atoms with van der Waals surface area (Å²) < 4.78 is 64.3. The number of carbonyl (C=O) groups excluding carboxylic acids is 10. The molecule has 0 aromatic rings. The van der Waals surface area contributed by atoms with Gasteiger partial charge in [-0.1, -0.05) is 168 Å². The average molecular weight is 1450 g/mol. The van der Waals surface area contributed by atoms with Crippen LogP contribution in [0.1, 0.15) is 258 Å². The van der Waals surface area contributed by atoms with Crippen LogP contribution in [-0.4, -0.2) is 179 Å². The maximum Gasteiger partial charge on any atom is 0.407 e. The monoisotopic (exact) mass is 1450 g/mol. The van der Waals surface area contributed by atoms with E-state index in [0.29, 0.717) is 96.9 Å². The number of carbonyl (C=O) groups is 10. The predicted molar refractivity (Wildman–Crippen MR) is 386 cm³/mol. The summed E-state index contributed by atoms with van der Waals surface area (Å²) in [6.07, 6.45) is 32.5. The second-order valence-corrected chi connectivity index (χ2v) is 26.6. The summed E-state index contributed by atoms with van der Waals surface area (Å²) in [6, 6.07) is 0. The highest BCUT2D eigenvalue weighted by Crippen LogP contribution is 2.28. The van der Waals surface area contributed by atoms with E-state index in [4.69, 9.17) is 56.8 Å². The fourth-order valence-corrected chi connectivity index (χ4v) is 10.8. The zero-order valence-corrected chi connectivity index (χ0v) is 62.5. The molecule has 2 unspecified atom stereocenters. The van der Waals surface area contributed by atoms with Gasteiger partial charge in [-0.05, 0) is 88.9 Å². The van der Waals surface area contributed by atoms with Gasteiger partial charge in [0.05, 0.1) is 51.5 Å². The minimum atomic E-state index is -0.581. The van der Waals surface area contributed by atoms with E-state index >= 15 is 0 Å². The lowest BCUT2D eigenvalue weighted by atomic mass is 9.86. The lowest BCUT2D eigenvalue weighted by Crippen LogP contribution is -2.32. The molecule has 0 saturated heterocycles. The standard InChI is InChI=1S/C76H132N4O22/c1-5-67(81)94-53-54-96-70(84)42-25-12-8-18-32-48-80-76(90)102-62-66(58-92-50-34-28-40-64-38-22-19-23-39-64)61-101-75(89)79-47-31-17-7-11-24-41-69(83)93-51-35-36-52-97-73(87)77-45-29-15-9-13-26-43-71(85)99-59-65(57-91-49-33-20-21-37-63(3)4)60-100-72(86)44-27-14-10-16-30-46-78-74(88)98-56-55-95-68(82)6-2/h5-6,63-66H,1-2,7-62H2,3-4H3,(H,77,87)(H,78,88)(H,79,89)(H,80,90). The number of nitrogens with one attached hydrogen (secondary N) is 4. The van der Waals surface area contributed by atoms with Crippen LogP contribution in [0, 0.1) is 23.7 Å². The minimum absolute atomic E-state index is 0.00821. The van der Waals surface area contributed by atoms with E-state index in [-0.39, 0.29) is 128 Å². The molecular weight excluding hydrogens is 1320 g/mol. The highest BCUT2D eigenvalue weighted by Gasteiger charge is 2.19. The molecule has 1 saturated carbocycles. The van der Waals surface area contributed by atoms with Gasteiger partial charge in [0.2, 0.25) is 0 Å². The van der Waals surface area contributed by atoms with Crippen LogP contribution in [0.4, 0.5) is 19.2 Å². The zero-order valence-electron chi connectivity index (χ0n) is 62.5. The first kappa shape index (κ1) is 93.3. The number of ether oxygens (including phenoxy) is 12. The van der Waals surface area contributed by atoms with Crippen molar-refractivity contribution in [1.82, 2.24) is 21.3 Å². The van der Waals surface area contributed by atoms with Gasteiger partial charge < -0.3 is 78.1 Å². The molecule has 0 heterocycles. The number of amides is 4. The van der Waals surface area contributed by atoms with Crippen molar-refractivity contribution < 1.29 is 105 Å². The van der Waals surface area contributed by atoms with Gasteiger partial charge in [0.25, 0.3) is 0 Å². The Kier molecular flexibility index (Phi) is 62.9. The third kappa shape index (κ3) is 64.2. The lowest BCUT2D eigenvalue weighted by molar-refractivity contribution is -0.151. The van der Waals surface area contributed by atoms with Crippen LogP contribution >= 0.6 is 0 Å². The smallest absolute Gasteiger partial charge is 0.407 e. The van der Waals surface area contributed by atoms with E-state index in [2.05, 4.69) is 48.3 Å². The number of alkyl carbamates (subject to hydrolysis) is 4. The molecule has 0 bridgehead atoms. The van der Waals surface area contributed by atoms with Gasteiger partial charge in [-0.25, -0.2) is 28.8 Å². The second-order valence-electron chi connectivity index (χ2n) is 26.6. The maximum atomic E-state index is 12.7. The third-order valence-electron chi connectivity index (χ3n) is 16.8. The SMILES string of the molecule is C=CC(=O)OCCOC(=O)CCCCCCCNC(=O)OCC(COCCCCC1CCCCC1)COC(=O)NCCCCCCCC(=O)OCCCCOC(=O)NCCCCCCCC(=O)OCC(COCCCCCC(C)C)COC(=O)CCCCCCCNC(=O)OCCOC(=O)C=C. The van der Waals surface area contributed by atoms with Crippen LogP contribution in [0.25, 0.3) is 0 Å². The first-order chi connectivity index (χ1) is 49.6. The number of rotatable bonds is 68. The molecule has 0 spiro atoms. The molecule has 4 amide bonds. The van der Waals surface area contributed by atoms with E-state index in [1.54, 1.807) is 0 Å². The molecule has 0 aliphatic heterocycles. The number of unbranched alkanes of at least 4 members (excludes halogenated alkanes) is 20. The van der Waals surface area contributed by atoms with E-state index in [1.165, 1.54) is 44.9 Å². The summed E-state index contributed by atoms with van der Waals surface area (Å²) in [6.45, 7) is 15.2. The zero-order chi connectivity index (χ0) is 74.4. The molecule has 0 radical (unpaired) electrons. The molecule has 588 valence electrons.